The molecule has 0 unspecified atom stereocenters. The van der Waals surface area contributed by atoms with Gasteiger partial charge in [-0.05, 0) is 19.1 Å². The van der Waals surface area contributed by atoms with Gasteiger partial charge in [-0.25, -0.2) is 4.98 Å². The minimum Gasteiger partial charge on any atom is -0.365 e. The summed E-state index contributed by atoms with van der Waals surface area (Å²) in [5.41, 5.74) is 0.519. The van der Waals surface area contributed by atoms with Gasteiger partial charge >= 0.3 is 0 Å². The van der Waals surface area contributed by atoms with Gasteiger partial charge in [0.05, 0.1) is 15.5 Å². The van der Waals surface area contributed by atoms with Crippen LogP contribution in [-0.2, 0) is 0 Å². The Hall–Kier alpha value is -1.99. The molecule has 0 bridgehead atoms. The van der Waals surface area contributed by atoms with Crippen LogP contribution in [0.15, 0.2) is 18.2 Å². The number of halogens is 1. The van der Waals surface area contributed by atoms with Crippen LogP contribution in [-0.4, -0.2) is 22.7 Å². The predicted molar refractivity (Wildman–Crippen MR) is 77.9 cm³/mol. The average Bonchev–Trinajstić information content (AvgIpc) is 2.79. The third kappa shape index (κ3) is 2.63. The first-order valence-electron chi connectivity index (χ1n) is 5.58. The summed E-state index contributed by atoms with van der Waals surface area (Å²) in [7, 11) is 1.71. The molecule has 1 aromatic carbocycles. The maximum absolute atomic E-state index is 12.4. The van der Waals surface area contributed by atoms with Crippen LogP contribution in [0.1, 0.15) is 20.9 Å². The number of ketones is 1. The Balaban J connectivity index is 2.45. The number of rotatable bonds is 4. The van der Waals surface area contributed by atoms with Gasteiger partial charge in [0.25, 0.3) is 5.69 Å². The Morgan fingerprint density at radius 1 is 1.50 bits per heavy atom. The van der Waals surface area contributed by atoms with Gasteiger partial charge in [-0.3, -0.25) is 14.9 Å². The van der Waals surface area contributed by atoms with E-state index in [4.69, 9.17) is 11.6 Å². The number of nitro groups is 1. The van der Waals surface area contributed by atoms with Gasteiger partial charge in [0.15, 0.2) is 5.13 Å². The molecule has 2 aromatic rings. The van der Waals surface area contributed by atoms with Gasteiger partial charge in [-0.2, -0.15) is 0 Å². The maximum Gasteiger partial charge on any atom is 0.288 e. The molecule has 0 amide bonds. The quantitative estimate of drug-likeness (QED) is 0.532. The van der Waals surface area contributed by atoms with Crippen molar-refractivity contribution < 1.29 is 9.72 Å². The number of hydrogen-bond acceptors (Lipinski definition) is 6. The number of carbonyl (C=O) groups is 1. The molecule has 6 nitrogen and oxygen atoms in total. The molecule has 20 heavy (non-hydrogen) atoms. The Kier molecular flexibility index (Phi) is 4.01. The molecule has 0 saturated heterocycles. The Labute approximate surface area is 123 Å². The summed E-state index contributed by atoms with van der Waals surface area (Å²) in [6.07, 6.45) is 0. The normalized spacial score (nSPS) is 10.3. The fraction of sp³-hybridized carbons (Fsp3) is 0.167. The minimum atomic E-state index is -0.613. The van der Waals surface area contributed by atoms with Crippen molar-refractivity contribution in [3.8, 4) is 0 Å². The fourth-order valence-electron chi connectivity index (χ4n) is 1.64. The van der Waals surface area contributed by atoms with Crippen molar-refractivity contribution in [2.45, 2.75) is 6.92 Å². The number of carbonyl (C=O) groups excluding carboxylic acids is 1. The number of thiazole rings is 1. The summed E-state index contributed by atoms with van der Waals surface area (Å²) in [6.45, 7) is 1.72. The number of aryl methyl sites for hydroxylation is 1. The zero-order chi connectivity index (χ0) is 14.9. The summed E-state index contributed by atoms with van der Waals surface area (Å²) in [5.74, 6) is -0.304. The van der Waals surface area contributed by atoms with Crippen molar-refractivity contribution in [3.05, 3.63) is 49.5 Å². The number of aromatic nitrogens is 1. The lowest BCUT2D eigenvalue weighted by molar-refractivity contribution is -0.384. The van der Waals surface area contributed by atoms with E-state index in [0.29, 0.717) is 15.7 Å². The Morgan fingerprint density at radius 2 is 2.20 bits per heavy atom. The van der Waals surface area contributed by atoms with E-state index in [-0.39, 0.29) is 22.1 Å². The third-order valence-corrected chi connectivity index (χ3v) is 4.12. The van der Waals surface area contributed by atoms with E-state index in [0.717, 1.165) is 0 Å². The number of hydrogen-bond donors (Lipinski definition) is 1. The largest absolute Gasteiger partial charge is 0.365 e. The van der Waals surface area contributed by atoms with E-state index >= 15 is 0 Å². The van der Waals surface area contributed by atoms with Gasteiger partial charge in [0.2, 0.25) is 5.78 Å². The minimum absolute atomic E-state index is 0.00323. The summed E-state index contributed by atoms with van der Waals surface area (Å²) < 4.78 is 0. The molecule has 0 aliphatic heterocycles. The number of nitrogens with zero attached hydrogens (tertiary/aromatic N) is 2. The van der Waals surface area contributed by atoms with Gasteiger partial charge < -0.3 is 5.32 Å². The van der Waals surface area contributed by atoms with Crippen molar-refractivity contribution in [2.75, 3.05) is 12.4 Å². The van der Waals surface area contributed by atoms with Crippen LogP contribution >= 0.6 is 22.9 Å². The second-order valence-corrected chi connectivity index (χ2v) is 5.34. The fourth-order valence-corrected chi connectivity index (χ4v) is 2.71. The number of benzene rings is 1. The van der Waals surface area contributed by atoms with E-state index in [9.17, 15) is 14.9 Å². The van der Waals surface area contributed by atoms with Gasteiger partial charge in [-0.1, -0.05) is 22.9 Å². The number of nitrogens with one attached hydrogen (secondary N) is 1. The predicted octanol–water partition coefficient (Wildman–Crippen LogP) is 3.29. The van der Waals surface area contributed by atoms with E-state index in [2.05, 4.69) is 10.3 Å². The standard InChI is InChI=1S/C12H10ClN3O3S/c1-6-11(20-12(14-2)15-6)10(17)7-3-4-8(13)9(5-7)16(18)19/h3-5H,1-2H3,(H,14,15). The highest BCUT2D eigenvalue weighted by Gasteiger charge is 2.20. The molecule has 0 fully saturated rings. The molecule has 0 radical (unpaired) electrons. The first-order chi connectivity index (χ1) is 9.43. The topological polar surface area (TPSA) is 85.1 Å². The molecule has 1 N–H and O–H groups in total. The van der Waals surface area contributed by atoms with Crippen molar-refractivity contribution in [1.82, 2.24) is 4.98 Å². The zero-order valence-electron chi connectivity index (χ0n) is 10.6. The van der Waals surface area contributed by atoms with Crippen LogP contribution in [0.5, 0.6) is 0 Å². The van der Waals surface area contributed by atoms with E-state index in [1.54, 1.807) is 14.0 Å². The highest BCUT2D eigenvalue weighted by atomic mass is 35.5. The van der Waals surface area contributed by atoms with Gasteiger partial charge in [-0.15, -0.1) is 0 Å². The number of nitro benzene ring substituents is 1. The zero-order valence-corrected chi connectivity index (χ0v) is 12.2. The molecule has 1 aromatic heterocycles. The van der Waals surface area contributed by atoms with Crippen LogP contribution in [0.25, 0.3) is 0 Å². The highest BCUT2D eigenvalue weighted by molar-refractivity contribution is 7.17. The molecular formula is C12H10ClN3O3S. The molecule has 0 spiro atoms. The molecule has 0 saturated carbocycles. The monoisotopic (exact) mass is 311 g/mol. The lowest BCUT2D eigenvalue weighted by Crippen LogP contribution is -2.02. The van der Waals surface area contributed by atoms with Crippen molar-refractivity contribution in [2.24, 2.45) is 0 Å². The van der Waals surface area contributed by atoms with Crippen LogP contribution in [0, 0.1) is 17.0 Å². The first kappa shape index (κ1) is 14.4. The molecule has 0 aliphatic rings. The summed E-state index contributed by atoms with van der Waals surface area (Å²) in [5, 5.41) is 14.3. The molecule has 2 rings (SSSR count). The highest BCUT2D eigenvalue weighted by Crippen LogP contribution is 2.29. The second-order valence-electron chi connectivity index (χ2n) is 3.94. The number of anilines is 1. The van der Waals surface area contributed by atoms with E-state index in [1.807, 2.05) is 0 Å². The maximum atomic E-state index is 12.4. The van der Waals surface area contributed by atoms with E-state index < -0.39 is 4.92 Å². The molecule has 0 atom stereocenters. The Morgan fingerprint density at radius 3 is 2.75 bits per heavy atom. The molecule has 1 heterocycles. The smallest absolute Gasteiger partial charge is 0.288 e. The summed E-state index contributed by atoms with van der Waals surface area (Å²) >= 11 is 6.93. The molecule has 8 heteroatoms. The molecular weight excluding hydrogens is 302 g/mol. The van der Waals surface area contributed by atoms with Crippen molar-refractivity contribution >= 4 is 39.5 Å². The Bertz CT molecular complexity index is 699. The summed E-state index contributed by atoms with van der Waals surface area (Å²) in [6, 6.07) is 4.00. The van der Waals surface area contributed by atoms with Crippen LogP contribution < -0.4 is 5.32 Å². The molecule has 0 aliphatic carbocycles. The van der Waals surface area contributed by atoms with E-state index in [1.165, 1.54) is 29.5 Å². The summed E-state index contributed by atoms with van der Waals surface area (Å²) in [4.78, 5) is 27.2. The molecule has 104 valence electrons. The lowest BCUT2D eigenvalue weighted by atomic mass is 10.1. The SMILES string of the molecule is CNc1nc(C)c(C(=O)c2ccc(Cl)c([N+](=O)[O-])c2)s1. The average molecular weight is 312 g/mol. The first-order valence-corrected chi connectivity index (χ1v) is 6.77. The van der Waals surface area contributed by atoms with Crippen LogP contribution in [0.3, 0.4) is 0 Å². The third-order valence-electron chi connectivity index (χ3n) is 2.62. The van der Waals surface area contributed by atoms with Crippen molar-refractivity contribution in [1.29, 1.82) is 0 Å². The second kappa shape index (κ2) is 5.56. The van der Waals surface area contributed by atoms with Gasteiger partial charge in [0, 0.05) is 18.7 Å². The van der Waals surface area contributed by atoms with Crippen LogP contribution in [0.4, 0.5) is 10.8 Å². The van der Waals surface area contributed by atoms with Crippen LogP contribution in [0.2, 0.25) is 5.02 Å². The lowest BCUT2D eigenvalue weighted by Gasteiger charge is -2.00. The van der Waals surface area contributed by atoms with Crippen molar-refractivity contribution in [3.63, 3.8) is 0 Å². The van der Waals surface area contributed by atoms with Gasteiger partial charge in [0.1, 0.15) is 5.02 Å².